The summed E-state index contributed by atoms with van der Waals surface area (Å²) in [5.41, 5.74) is 1.09. The molecule has 2 amide bonds. The zero-order chi connectivity index (χ0) is 63.7. The standard InChI is InChI=1S/C77H59N3O11P2/c1-3-78(4-2)52-35-33-50-45-62(75(85)90-66(50)47-52)72(82)80-43-41-79(42-44-80)71(81)51-34-38-63-61(46-51)76(86)91-77(63)64-39-36-53(87-73(83)59-29-17-19-31-69(59)92(55-21-9-5-10-22-55)56-23-11-6-12-24-56)48-67(64)89-68-49-54(37-40-65(68)77)88-74(84)60-30-18-20-32-70(60)93(57-25-13-7-14-26-57)58-27-15-8-16-28-58/h5-40,45-49H,3-4,41-44H2,1-2H3. The van der Waals surface area contributed by atoms with Crippen LogP contribution in [0.25, 0.3) is 11.0 Å². The van der Waals surface area contributed by atoms with E-state index in [9.17, 15) is 28.8 Å². The molecule has 1 aromatic heterocycles. The molecule has 11 aromatic rings. The molecule has 93 heavy (non-hydrogen) atoms. The largest absolute Gasteiger partial charge is 0.456 e. The Morgan fingerprint density at radius 2 is 0.925 bits per heavy atom. The van der Waals surface area contributed by atoms with Crippen LogP contribution in [-0.2, 0) is 10.3 Å². The van der Waals surface area contributed by atoms with Gasteiger partial charge in [0.2, 0.25) is 0 Å². The number of anilines is 1. The van der Waals surface area contributed by atoms with E-state index in [1.54, 1.807) is 89.8 Å². The second-order valence-corrected chi connectivity index (χ2v) is 26.9. The molecule has 0 atom stereocenters. The van der Waals surface area contributed by atoms with Gasteiger partial charge in [-0.25, -0.2) is 19.2 Å². The van der Waals surface area contributed by atoms with Crippen LogP contribution in [0.4, 0.5) is 5.69 Å². The number of hydrogen-bond acceptors (Lipinski definition) is 12. The number of esters is 3. The van der Waals surface area contributed by atoms with Crippen LogP contribution >= 0.6 is 15.8 Å². The van der Waals surface area contributed by atoms with Gasteiger partial charge in [0.25, 0.3) is 11.8 Å². The molecule has 4 heterocycles. The molecule has 0 N–H and O–H groups in total. The van der Waals surface area contributed by atoms with E-state index in [4.69, 9.17) is 23.4 Å². The van der Waals surface area contributed by atoms with Crippen molar-refractivity contribution in [1.29, 1.82) is 0 Å². The van der Waals surface area contributed by atoms with Gasteiger partial charge in [0.1, 0.15) is 34.1 Å². The molecule has 0 aliphatic carbocycles. The Morgan fingerprint density at radius 3 is 1.41 bits per heavy atom. The lowest BCUT2D eigenvalue weighted by molar-refractivity contribution is 0.0224. The minimum atomic E-state index is -1.68. The van der Waals surface area contributed by atoms with Crippen LogP contribution in [0.1, 0.15) is 82.3 Å². The summed E-state index contributed by atoms with van der Waals surface area (Å²) in [6, 6.07) is 76.9. The number of carbonyl (C=O) groups is 5. The number of benzene rings is 10. The number of piperazine rings is 1. The molecule has 0 saturated carbocycles. The first-order valence-electron chi connectivity index (χ1n) is 30.7. The van der Waals surface area contributed by atoms with Crippen molar-refractivity contribution in [3.8, 4) is 23.0 Å². The average Bonchev–Trinajstić information content (AvgIpc) is 1.61. The Hall–Kier alpha value is -10.8. The van der Waals surface area contributed by atoms with Crippen LogP contribution in [0.2, 0.25) is 0 Å². The van der Waals surface area contributed by atoms with E-state index in [0.717, 1.165) is 50.6 Å². The Bertz CT molecular complexity index is 4520. The summed E-state index contributed by atoms with van der Waals surface area (Å²) in [5.74, 6) is -2.14. The van der Waals surface area contributed by atoms with E-state index in [2.05, 4.69) is 53.4 Å². The highest BCUT2D eigenvalue weighted by atomic mass is 31.1. The Labute approximate surface area is 538 Å². The molecule has 0 radical (unpaired) electrons. The molecule has 458 valence electrons. The zero-order valence-corrected chi connectivity index (χ0v) is 52.4. The number of amides is 2. The van der Waals surface area contributed by atoms with E-state index >= 15 is 0 Å². The summed E-state index contributed by atoms with van der Waals surface area (Å²) in [6.07, 6.45) is 0. The molecule has 14 nitrogen and oxygen atoms in total. The summed E-state index contributed by atoms with van der Waals surface area (Å²) in [6.45, 7) is 6.24. The second kappa shape index (κ2) is 25.5. The fraction of sp³-hybridized carbons (Fsp3) is 0.117. The van der Waals surface area contributed by atoms with Gasteiger partial charge in [-0.1, -0.05) is 164 Å². The van der Waals surface area contributed by atoms with Gasteiger partial charge in [-0.15, -0.1) is 0 Å². The highest BCUT2D eigenvalue weighted by molar-refractivity contribution is 7.80. The molecule has 3 aliphatic rings. The van der Waals surface area contributed by atoms with E-state index in [0.29, 0.717) is 38.8 Å². The Balaban J connectivity index is 0.779. The number of hydrogen-bond donors (Lipinski definition) is 0. The first-order chi connectivity index (χ1) is 45.5. The second-order valence-electron chi connectivity index (χ2n) is 22.5. The topological polar surface area (TPSA) is 162 Å². The van der Waals surface area contributed by atoms with Gasteiger partial charge in [-0.2, -0.15) is 0 Å². The van der Waals surface area contributed by atoms with E-state index in [-0.39, 0.29) is 71.8 Å². The van der Waals surface area contributed by atoms with Crippen molar-refractivity contribution in [1.82, 2.24) is 9.80 Å². The number of nitrogens with zero attached hydrogens (tertiary/aromatic N) is 3. The van der Waals surface area contributed by atoms with Gasteiger partial charge in [-0.3, -0.25) is 9.59 Å². The van der Waals surface area contributed by atoms with Gasteiger partial charge >= 0.3 is 23.5 Å². The monoisotopic (exact) mass is 1260 g/mol. The molecule has 3 aliphatic heterocycles. The van der Waals surface area contributed by atoms with Crippen molar-refractivity contribution in [2.24, 2.45) is 0 Å². The lowest BCUT2D eigenvalue weighted by Crippen LogP contribution is -2.51. The summed E-state index contributed by atoms with van der Waals surface area (Å²) in [7, 11) is -2.39. The summed E-state index contributed by atoms with van der Waals surface area (Å²) >= 11 is 0. The summed E-state index contributed by atoms with van der Waals surface area (Å²) in [4.78, 5) is 91.0. The summed E-state index contributed by atoms with van der Waals surface area (Å²) in [5, 5.41) is 6.45. The van der Waals surface area contributed by atoms with Crippen molar-refractivity contribution in [2.45, 2.75) is 19.4 Å². The molecule has 1 fully saturated rings. The normalized spacial score (nSPS) is 13.6. The minimum Gasteiger partial charge on any atom is -0.456 e. The van der Waals surface area contributed by atoms with Gasteiger partial charge in [0.05, 0.1) is 16.7 Å². The van der Waals surface area contributed by atoms with Crippen LogP contribution in [0.3, 0.4) is 0 Å². The predicted octanol–water partition coefficient (Wildman–Crippen LogP) is 11.8. The van der Waals surface area contributed by atoms with Crippen molar-refractivity contribution >= 4 is 94.0 Å². The van der Waals surface area contributed by atoms with Crippen molar-refractivity contribution in [3.05, 3.63) is 304 Å². The highest BCUT2D eigenvalue weighted by Gasteiger charge is 2.54. The van der Waals surface area contributed by atoms with Crippen LogP contribution < -0.4 is 56.6 Å². The first kappa shape index (κ1) is 59.8. The highest BCUT2D eigenvalue weighted by Crippen LogP contribution is 2.57. The maximum absolute atomic E-state index is 14.7. The van der Waals surface area contributed by atoms with Crippen LogP contribution in [0.15, 0.2) is 258 Å². The van der Waals surface area contributed by atoms with Crippen LogP contribution in [-0.4, -0.2) is 78.8 Å². The van der Waals surface area contributed by atoms with Crippen LogP contribution in [0.5, 0.6) is 23.0 Å². The molecule has 1 saturated heterocycles. The van der Waals surface area contributed by atoms with Crippen molar-refractivity contribution in [3.63, 3.8) is 0 Å². The van der Waals surface area contributed by atoms with E-state index < -0.39 is 50.9 Å². The third-order valence-corrected chi connectivity index (χ3v) is 22.1. The maximum Gasteiger partial charge on any atom is 0.349 e. The minimum absolute atomic E-state index is 0.0917. The number of rotatable bonds is 15. The molecule has 0 bridgehead atoms. The van der Waals surface area contributed by atoms with Crippen molar-refractivity contribution in [2.75, 3.05) is 44.2 Å². The molecular formula is C77H59N3O11P2. The maximum atomic E-state index is 14.7. The van der Waals surface area contributed by atoms with Crippen molar-refractivity contribution < 1.29 is 47.3 Å². The lowest BCUT2D eigenvalue weighted by Gasteiger charge is -2.36. The van der Waals surface area contributed by atoms with E-state index in [1.807, 2.05) is 123 Å². The molecule has 14 rings (SSSR count). The molecular weight excluding hydrogens is 1200 g/mol. The summed E-state index contributed by atoms with van der Waals surface area (Å²) < 4.78 is 31.7. The van der Waals surface area contributed by atoms with Crippen LogP contribution in [0, 0.1) is 0 Å². The fourth-order valence-corrected chi connectivity index (χ4v) is 17.5. The smallest absolute Gasteiger partial charge is 0.349 e. The predicted molar refractivity (Wildman–Crippen MR) is 363 cm³/mol. The molecule has 0 unspecified atom stereocenters. The number of fused-ring (bicyclic) bond motifs is 7. The Morgan fingerprint density at radius 1 is 0.473 bits per heavy atom. The zero-order valence-electron chi connectivity index (χ0n) is 50.6. The number of carbonyl (C=O) groups excluding carboxylic acids is 5. The van der Waals surface area contributed by atoms with Gasteiger partial charge in [0, 0.05) is 90.8 Å². The first-order valence-corrected chi connectivity index (χ1v) is 33.4. The molecule has 1 spiro atoms. The molecule has 16 heteroatoms. The van der Waals surface area contributed by atoms with Gasteiger partial charge in [-0.05, 0) is 128 Å². The average molecular weight is 1260 g/mol. The third-order valence-electron chi connectivity index (χ3n) is 17.1. The Kier molecular flexibility index (Phi) is 16.4. The van der Waals surface area contributed by atoms with E-state index in [1.165, 1.54) is 11.0 Å². The third kappa shape index (κ3) is 11.3. The van der Waals surface area contributed by atoms with Gasteiger partial charge in [0.15, 0.2) is 5.60 Å². The van der Waals surface area contributed by atoms with Gasteiger partial charge < -0.3 is 38.1 Å². The number of ether oxygens (including phenoxy) is 4. The molecule has 10 aromatic carbocycles. The fourth-order valence-electron chi connectivity index (χ4n) is 12.6. The lowest BCUT2D eigenvalue weighted by atomic mass is 9.77. The quantitative estimate of drug-likeness (QED) is 0.0414. The SMILES string of the molecule is CCN(CC)c1ccc2cc(C(=O)N3CCN(C(=O)c4ccc5c(c4)C(=O)OC54c5ccc(OC(=O)c6ccccc6P(c6ccccc6)c6ccccc6)cc5Oc5cc(OC(=O)c6ccccc6P(c6ccccc6)c6ccccc6)ccc54)CC3)c(=O)oc2c1.